The molecule has 7 rings (SSSR count). The second-order valence-corrected chi connectivity index (χ2v) is 13.9. The highest BCUT2D eigenvalue weighted by Crippen LogP contribution is 2.31. The van der Waals surface area contributed by atoms with Crippen LogP contribution in [-0.4, -0.2) is 12.6 Å². The van der Waals surface area contributed by atoms with E-state index in [1.807, 2.05) is 12.1 Å². The van der Waals surface area contributed by atoms with Crippen molar-refractivity contribution < 1.29 is 0 Å². The maximum absolute atomic E-state index is 9.57. The molecule has 40 heavy (non-hydrogen) atoms. The van der Waals surface area contributed by atoms with Crippen molar-refractivity contribution in [3.63, 3.8) is 0 Å². The maximum Gasteiger partial charge on any atom is 0.179 e. The molecule has 0 aliphatic rings. The summed E-state index contributed by atoms with van der Waals surface area (Å²) in [7, 11) is -2.75. The van der Waals surface area contributed by atoms with Crippen molar-refractivity contribution in [1.29, 1.82) is 5.26 Å². The van der Waals surface area contributed by atoms with Crippen molar-refractivity contribution in [2.45, 2.75) is 0 Å². The number of aromatic nitrogens is 1. The van der Waals surface area contributed by atoms with Gasteiger partial charge in [0.2, 0.25) is 0 Å². The molecule has 7 aromatic rings. The fraction of sp³-hybridized carbons (Fsp3) is 0. The van der Waals surface area contributed by atoms with Crippen LogP contribution in [0.2, 0.25) is 0 Å². The molecule has 3 heteroatoms. The fourth-order valence-corrected chi connectivity index (χ4v) is 11.0. The first-order valence-electron chi connectivity index (χ1n) is 13.5. The van der Waals surface area contributed by atoms with Gasteiger partial charge < -0.3 is 4.57 Å². The van der Waals surface area contributed by atoms with Crippen LogP contribution >= 0.6 is 0 Å². The molecular weight excluding hydrogens is 501 g/mol. The van der Waals surface area contributed by atoms with Gasteiger partial charge in [-0.3, -0.25) is 0 Å². The number of rotatable bonds is 5. The average Bonchev–Trinajstić information content (AvgIpc) is 3.37. The average molecular weight is 527 g/mol. The molecule has 0 radical (unpaired) electrons. The van der Waals surface area contributed by atoms with Gasteiger partial charge in [-0.15, -0.1) is 0 Å². The topological polar surface area (TPSA) is 28.7 Å². The predicted octanol–water partition coefficient (Wildman–Crippen LogP) is 6.03. The Hall–Kier alpha value is -5.17. The number of fused-ring (bicyclic) bond motifs is 3. The smallest absolute Gasteiger partial charge is 0.179 e. The summed E-state index contributed by atoms with van der Waals surface area (Å²) in [5.41, 5.74) is 4.22. The highest BCUT2D eigenvalue weighted by Gasteiger charge is 2.41. The number of nitrogens with zero attached hydrogens (tertiary/aromatic N) is 2. The van der Waals surface area contributed by atoms with Gasteiger partial charge >= 0.3 is 0 Å². The van der Waals surface area contributed by atoms with Crippen LogP contribution < -0.4 is 20.7 Å². The first-order valence-corrected chi connectivity index (χ1v) is 15.5. The molecule has 0 saturated carbocycles. The molecule has 0 atom stereocenters. The van der Waals surface area contributed by atoms with Gasteiger partial charge in [0.1, 0.15) is 0 Å². The minimum atomic E-state index is -2.75. The molecule has 6 aromatic carbocycles. The van der Waals surface area contributed by atoms with Crippen molar-refractivity contribution >= 4 is 50.6 Å². The quantitative estimate of drug-likeness (QED) is 0.199. The number of hydrogen-bond donors (Lipinski definition) is 0. The molecule has 0 unspecified atom stereocenters. The molecule has 0 N–H and O–H groups in total. The van der Waals surface area contributed by atoms with Gasteiger partial charge in [-0.25, -0.2) is 0 Å². The van der Waals surface area contributed by atoms with E-state index in [-0.39, 0.29) is 0 Å². The zero-order valence-electron chi connectivity index (χ0n) is 21.9. The van der Waals surface area contributed by atoms with E-state index in [2.05, 4.69) is 156 Å². The van der Waals surface area contributed by atoms with Crippen LogP contribution in [0.3, 0.4) is 0 Å². The number of benzene rings is 6. The summed E-state index contributed by atoms with van der Waals surface area (Å²) in [6.07, 6.45) is 0. The molecular formula is C37H26N2Si. The van der Waals surface area contributed by atoms with E-state index in [0.717, 1.165) is 5.69 Å². The van der Waals surface area contributed by atoms with E-state index in [1.54, 1.807) is 0 Å². The van der Waals surface area contributed by atoms with Crippen LogP contribution in [0.1, 0.15) is 5.56 Å². The van der Waals surface area contributed by atoms with Crippen LogP contribution in [-0.2, 0) is 0 Å². The second-order valence-electron chi connectivity index (χ2n) is 10.1. The normalized spacial score (nSPS) is 11.5. The number of nitriles is 1. The molecule has 0 amide bonds. The van der Waals surface area contributed by atoms with Crippen LogP contribution in [0.4, 0.5) is 0 Å². The van der Waals surface area contributed by atoms with Crippen molar-refractivity contribution in [3.8, 4) is 11.8 Å². The third-order valence-electron chi connectivity index (χ3n) is 7.98. The summed E-state index contributed by atoms with van der Waals surface area (Å²) in [5.74, 6) is 0. The molecule has 0 bridgehead atoms. The predicted molar refractivity (Wildman–Crippen MR) is 169 cm³/mol. The lowest BCUT2D eigenvalue weighted by atomic mass is 10.1. The largest absolute Gasteiger partial charge is 0.309 e. The summed E-state index contributed by atoms with van der Waals surface area (Å²) in [5, 5.41) is 17.2. The highest BCUT2D eigenvalue weighted by molar-refractivity contribution is 7.20. The first-order chi connectivity index (χ1) is 19.8. The molecule has 0 saturated heterocycles. The van der Waals surface area contributed by atoms with Gasteiger partial charge in [-0.05, 0) is 57.1 Å². The standard InChI is InChI=1S/C37H26N2Si/c38-27-28-20-22-32(23-21-28)40(30-14-6-2-7-15-30,31-16-8-3-9-17-31)33-24-25-35-34-18-10-11-19-36(34)39(37(35)26-33)29-12-4-1-5-13-29/h1-26H. The van der Waals surface area contributed by atoms with Crippen LogP contribution in [0, 0.1) is 11.3 Å². The van der Waals surface area contributed by atoms with Crippen molar-refractivity contribution in [2.24, 2.45) is 0 Å². The molecule has 188 valence electrons. The Morgan fingerprint density at radius 1 is 0.450 bits per heavy atom. The molecule has 2 nitrogen and oxygen atoms in total. The number of hydrogen-bond acceptors (Lipinski definition) is 1. The molecule has 0 aliphatic carbocycles. The Morgan fingerprint density at radius 3 is 1.57 bits per heavy atom. The van der Waals surface area contributed by atoms with Crippen LogP contribution in [0.15, 0.2) is 158 Å². The van der Waals surface area contributed by atoms with E-state index in [9.17, 15) is 5.26 Å². The molecule has 0 spiro atoms. The lowest BCUT2D eigenvalue weighted by Gasteiger charge is -2.34. The van der Waals surface area contributed by atoms with Crippen molar-refractivity contribution in [3.05, 3.63) is 163 Å². The van der Waals surface area contributed by atoms with E-state index >= 15 is 0 Å². The van der Waals surface area contributed by atoms with Crippen LogP contribution in [0.25, 0.3) is 27.5 Å². The Labute approximate surface area is 235 Å². The number of para-hydroxylation sites is 2. The van der Waals surface area contributed by atoms with Gasteiger partial charge in [0.25, 0.3) is 0 Å². The second kappa shape index (κ2) is 9.85. The van der Waals surface area contributed by atoms with Gasteiger partial charge in [0, 0.05) is 16.5 Å². The van der Waals surface area contributed by atoms with Crippen molar-refractivity contribution in [2.75, 3.05) is 0 Å². The van der Waals surface area contributed by atoms with Gasteiger partial charge in [-0.1, -0.05) is 121 Å². The zero-order chi connectivity index (χ0) is 26.9. The lowest BCUT2D eigenvalue weighted by Crippen LogP contribution is -2.74. The zero-order valence-corrected chi connectivity index (χ0v) is 22.9. The maximum atomic E-state index is 9.57. The van der Waals surface area contributed by atoms with E-state index in [1.165, 1.54) is 42.6 Å². The highest BCUT2D eigenvalue weighted by atomic mass is 28.3. The third-order valence-corrected chi connectivity index (χ3v) is 12.8. The Bertz CT molecular complexity index is 1950. The minimum absolute atomic E-state index is 0.674. The van der Waals surface area contributed by atoms with E-state index < -0.39 is 8.07 Å². The van der Waals surface area contributed by atoms with E-state index in [0.29, 0.717) is 5.56 Å². The molecule has 1 aromatic heterocycles. The third kappa shape index (κ3) is 3.70. The lowest BCUT2D eigenvalue weighted by molar-refractivity contribution is 1.18. The minimum Gasteiger partial charge on any atom is -0.309 e. The summed E-state index contributed by atoms with van der Waals surface area (Å²) in [6, 6.07) is 58.8. The Kier molecular flexibility index (Phi) is 5.89. The van der Waals surface area contributed by atoms with E-state index in [4.69, 9.17) is 0 Å². The SMILES string of the molecule is N#Cc1ccc([Si](c2ccccc2)(c2ccccc2)c2ccc3c4ccccc4n(-c4ccccc4)c3c2)cc1. The molecule has 0 fully saturated rings. The van der Waals surface area contributed by atoms with Crippen molar-refractivity contribution in [1.82, 2.24) is 4.57 Å². The Balaban J connectivity index is 1.62. The summed E-state index contributed by atoms with van der Waals surface area (Å²) in [4.78, 5) is 0. The monoisotopic (exact) mass is 526 g/mol. The van der Waals surface area contributed by atoms with Gasteiger partial charge in [0.05, 0.1) is 22.7 Å². The molecule has 0 aliphatic heterocycles. The first kappa shape index (κ1) is 23.9. The summed E-state index contributed by atoms with van der Waals surface area (Å²) in [6.45, 7) is 0. The fourth-order valence-electron chi connectivity index (χ4n) is 6.23. The summed E-state index contributed by atoms with van der Waals surface area (Å²) < 4.78 is 2.39. The van der Waals surface area contributed by atoms with Gasteiger partial charge in [-0.2, -0.15) is 5.26 Å². The Morgan fingerprint density at radius 2 is 0.950 bits per heavy atom. The molecule has 1 heterocycles. The summed E-state index contributed by atoms with van der Waals surface area (Å²) >= 11 is 0. The van der Waals surface area contributed by atoms with Crippen LogP contribution in [0.5, 0.6) is 0 Å². The van der Waals surface area contributed by atoms with Gasteiger partial charge in [0.15, 0.2) is 8.07 Å².